The molecule has 1 aliphatic rings. The first kappa shape index (κ1) is 10.7. The topological polar surface area (TPSA) is 27.7 Å². The highest BCUT2D eigenvalue weighted by Crippen LogP contribution is 2.19. The van der Waals surface area contributed by atoms with Gasteiger partial charge in [-0.2, -0.15) is 0 Å². The van der Waals surface area contributed by atoms with Crippen LogP contribution in [0.25, 0.3) is 0 Å². The number of ether oxygens (including phenoxy) is 3. The summed E-state index contributed by atoms with van der Waals surface area (Å²) in [4.78, 5) is 0. The Morgan fingerprint density at radius 3 is 2.23 bits per heavy atom. The third-order valence-electron chi connectivity index (χ3n) is 1.74. The summed E-state index contributed by atoms with van der Waals surface area (Å²) >= 11 is 0. The van der Waals surface area contributed by atoms with Gasteiger partial charge in [-0.25, -0.2) is 0 Å². The molecule has 0 aliphatic heterocycles. The van der Waals surface area contributed by atoms with Crippen LogP contribution in [0.5, 0.6) is 0 Å². The zero-order valence-electron chi connectivity index (χ0n) is 8.12. The third kappa shape index (κ3) is 6.75. The molecule has 0 atom stereocenters. The number of allylic oxidation sites excluding steroid dienone is 1. The van der Waals surface area contributed by atoms with E-state index in [1.165, 1.54) is 5.57 Å². The molecule has 0 fully saturated rings. The lowest BCUT2D eigenvalue weighted by Crippen LogP contribution is -2.08. The molecule has 1 radical (unpaired) electrons. The van der Waals surface area contributed by atoms with E-state index >= 15 is 0 Å². The van der Waals surface area contributed by atoms with Crippen LogP contribution in [0.3, 0.4) is 0 Å². The smallest absolute Gasteiger partial charge is 0.0701 e. The molecule has 0 amide bonds. The lowest BCUT2D eigenvalue weighted by atomic mass is 10.4. The minimum Gasteiger partial charge on any atom is -0.382 e. The summed E-state index contributed by atoms with van der Waals surface area (Å²) in [6, 6.07) is 0. The molecule has 0 bridgehead atoms. The van der Waals surface area contributed by atoms with E-state index in [2.05, 4.69) is 12.5 Å². The van der Waals surface area contributed by atoms with Crippen molar-refractivity contribution in [2.24, 2.45) is 0 Å². The highest BCUT2D eigenvalue weighted by molar-refractivity contribution is 5.38. The van der Waals surface area contributed by atoms with Crippen LogP contribution in [-0.4, -0.2) is 40.1 Å². The second-order valence-electron chi connectivity index (χ2n) is 2.88. The van der Waals surface area contributed by atoms with Crippen LogP contribution in [0.15, 0.2) is 11.6 Å². The summed E-state index contributed by atoms with van der Waals surface area (Å²) in [6.07, 6.45) is 5.26. The van der Waals surface area contributed by atoms with Gasteiger partial charge in [0.15, 0.2) is 0 Å². The van der Waals surface area contributed by atoms with Crippen molar-refractivity contribution < 1.29 is 14.2 Å². The maximum Gasteiger partial charge on any atom is 0.0701 e. The molecule has 0 heterocycles. The Morgan fingerprint density at radius 2 is 1.62 bits per heavy atom. The summed E-state index contributed by atoms with van der Waals surface area (Å²) < 4.78 is 15.4. The molecular weight excluding hydrogens is 168 g/mol. The normalized spacial score (nSPS) is 14.4. The van der Waals surface area contributed by atoms with Crippen molar-refractivity contribution in [1.29, 1.82) is 0 Å². The van der Waals surface area contributed by atoms with Crippen molar-refractivity contribution in [2.75, 3.05) is 40.1 Å². The zero-order valence-corrected chi connectivity index (χ0v) is 8.12. The van der Waals surface area contributed by atoms with Crippen molar-refractivity contribution in [3.8, 4) is 0 Å². The van der Waals surface area contributed by atoms with E-state index in [1.807, 2.05) is 0 Å². The number of hydrogen-bond donors (Lipinski definition) is 0. The minimum absolute atomic E-state index is 0.652. The van der Waals surface area contributed by atoms with Gasteiger partial charge in [-0.3, -0.25) is 0 Å². The van der Waals surface area contributed by atoms with Gasteiger partial charge in [0.25, 0.3) is 0 Å². The third-order valence-corrected chi connectivity index (χ3v) is 1.74. The van der Waals surface area contributed by atoms with Crippen LogP contribution in [0.2, 0.25) is 0 Å². The number of rotatable bonds is 9. The van der Waals surface area contributed by atoms with E-state index in [4.69, 9.17) is 14.2 Å². The van der Waals surface area contributed by atoms with E-state index in [-0.39, 0.29) is 0 Å². The molecule has 0 N–H and O–H groups in total. The Hall–Kier alpha value is -0.380. The maximum absolute atomic E-state index is 5.34. The average molecular weight is 185 g/mol. The van der Waals surface area contributed by atoms with Gasteiger partial charge in [0.2, 0.25) is 0 Å². The van der Waals surface area contributed by atoms with Crippen LogP contribution in [-0.2, 0) is 14.2 Å². The van der Waals surface area contributed by atoms with Crippen molar-refractivity contribution in [3.05, 3.63) is 18.1 Å². The van der Waals surface area contributed by atoms with E-state index in [9.17, 15) is 0 Å². The van der Waals surface area contributed by atoms with Gasteiger partial charge < -0.3 is 14.2 Å². The van der Waals surface area contributed by atoms with Gasteiger partial charge in [-0.1, -0.05) is 11.6 Å². The Balaban J connectivity index is 1.66. The minimum atomic E-state index is 0.652. The SMILES string of the molecule is COCCOCCOCCC1=C[CH]1. The van der Waals surface area contributed by atoms with Gasteiger partial charge in [0.1, 0.15) is 0 Å². The number of methoxy groups -OCH3 is 1. The Bertz CT molecular complexity index is 154. The highest BCUT2D eigenvalue weighted by atomic mass is 16.5. The van der Waals surface area contributed by atoms with E-state index in [0.29, 0.717) is 26.4 Å². The second kappa shape index (κ2) is 7.06. The summed E-state index contributed by atoms with van der Waals surface area (Å²) in [7, 11) is 1.67. The maximum atomic E-state index is 5.34. The fourth-order valence-corrected chi connectivity index (χ4v) is 0.880. The largest absolute Gasteiger partial charge is 0.382 e. The van der Waals surface area contributed by atoms with Crippen LogP contribution >= 0.6 is 0 Å². The summed E-state index contributed by atoms with van der Waals surface area (Å²) in [5, 5.41) is 0. The Morgan fingerprint density at radius 1 is 1.00 bits per heavy atom. The predicted molar refractivity (Wildman–Crippen MR) is 50.5 cm³/mol. The molecule has 0 saturated heterocycles. The first-order valence-electron chi connectivity index (χ1n) is 4.62. The van der Waals surface area contributed by atoms with E-state index in [1.54, 1.807) is 7.11 Å². The summed E-state index contributed by atoms with van der Waals surface area (Å²) in [6.45, 7) is 3.44. The molecule has 0 aromatic heterocycles. The van der Waals surface area contributed by atoms with E-state index < -0.39 is 0 Å². The quantitative estimate of drug-likeness (QED) is 0.505. The summed E-state index contributed by atoms with van der Waals surface area (Å²) in [5.74, 6) is 0. The molecule has 3 nitrogen and oxygen atoms in total. The first-order chi connectivity index (χ1) is 6.43. The molecule has 13 heavy (non-hydrogen) atoms. The summed E-state index contributed by atoms with van der Waals surface area (Å²) in [5.41, 5.74) is 1.40. The standard InChI is InChI=1S/C10H17O3/c1-11-6-7-13-9-8-12-5-4-10-2-3-10/h2-3H,4-9H2,1H3. The van der Waals surface area contributed by atoms with Crippen LogP contribution in [0.4, 0.5) is 0 Å². The molecule has 0 aromatic carbocycles. The zero-order chi connectivity index (χ0) is 9.36. The number of hydrogen-bond acceptors (Lipinski definition) is 3. The molecule has 0 aromatic rings. The van der Waals surface area contributed by atoms with Crippen molar-refractivity contribution in [3.63, 3.8) is 0 Å². The van der Waals surface area contributed by atoms with Crippen molar-refractivity contribution in [2.45, 2.75) is 6.42 Å². The molecule has 1 aliphatic carbocycles. The van der Waals surface area contributed by atoms with Crippen molar-refractivity contribution in [1.82, 2.24) is 0 Å². The molecule has 75 valence electrons. The van der Waals surface area contributed by atoms with Crippen LogP contribution in [0.1, 0.15) is 6.42 Å². The molecule has 0 spiro atoms. The molecule has 0 unspecified atom stereocenters. The lowest BCUT2D eigenvalue weighted by Gasteiger charge is -2.04. The fourth-order valence-electron chi connectivity index (χ4n) is 0.880. The first-order valence-corrected chi connectivity index (χ1v) is 4.62. The van der Waals surface area contributed by atoms with Gasteiger partial charge in [0.05, 0.1) is 33.0 Å². The molecule has 3 heteroatoms. The molecular formula is C10H17O3. The van der Waals surface area contributed by atoms with Gasteiger partial charge in [-0.15, -0.1) is 0 Å². The van der Waals surface area contributed by atoms with Gasteiger partial charge >= 0.3 is 0 Å². The van der Waals surface area contributed by atoms with Gasteiger partial charge in [-0.05, 0) is 6.42 Å². The Kier molecular flexibility index (Phi) is 5.81. The van der Waals surface area contributed by atoms with Gasteiger partial charge in [0, 0.05) is 13.5 Å². The highest BCUT2D eigenvalue weighted by Gasteiger charge is 2.05. The average Bonchev–Trinajstić information content (AvgIpc) is 2.93. The monoisotopic (exact) mass is 185 g/mol. The van der Waals surface area contributed by atoms with Crippen LogP contribution in [0, 0.1) is 6.42 Å². The lowest BCUT2D eigenvalue weighted by molar-refractivity contribution is 0.0257. The predicted octanol–water partition coefficient (Wildman–Crippen LogP) is 1.20. The Labute approximate surface area is 79.7 Å². The fraction of sp³-hybridized carbons (Fsp3) is 0.700. The van der Waals surface area contributed by atoms with E-state index in [0.717, 1.165) is 13.0 Å². The van der Waals surface area contributed by atoms with Crippen LogP contribution < -0.4 is 0 Å². The second-order valence-corrected chi connectivity index (χ2v) is 2.88. The molecule has 1 rings (SSSR count). The van der Waals surface area contributed by atoms with Crippen molar-refractivity contribution >= 4 is 0 Å². The molecule has 0 saturated carbocycles.